The number of nitrogens with zero attached hydrogens (tertiary/aromatic N) is 1. The lowest BCUT2D eigenvalue weighted by Gasteiger charge is -2.32. The van der Waals surface area contributed by atoms with Gasteiger partial charge in [0.15, 0.2) is 0 Å². The second-order valence-corrected chi connectivity index (χ2v) is 7.95. The summed E-state index contributed by atoms with van der Waals surface area (Å²) >= 11 is 0. The highest BCUT2D eigenvalue weighted by molar-refractivity contribution is 7.89. The van der Waals surface area contributed by atoms with E-state index in [1.807, 2.05) is 6.92 Å². The standard InChI is InChI=1S/C16H22N2O5S/c1-12-11-22-9-7-18(12)24(20,21)14-5-2-4-13(10-14)17-16(19)15-6-3-8-23-15/h2,4-5,10,12,15H,3,6-9,11H2,1H3,(H,17,19). The van der Waals surface area contributed by atoms with E-state index in [9.17, 15) is 13.2 Å². The molecule has 0 radical (unpaired) electrons. The van der Waals surface area contributed by atoms with Crippen LogP contribution in [0.3, 0.4) is 0 Å². The van der Waals surface area contributed by atoms with Gasteiger partial charge in [-0.1, -0.05) is 6.07 Å². The molecule has 2 aliphatic heterocycles. The van der Waals surface area contributed by atoms with Crippen LogP contribution in [-0.4, -0.2) is 57.1 Å². The summed E-state index contributed by atoms with van der Waals surface area (Å²) in [5.41, 5.74) is 0.456. The predicted molar refractivity (Wildman–Crippen MR) is 88.2 cm³/mol. The van der Waals surface area contributed by atoms with Gasteiger partial charge < -0.3 is 14.8 Å². The van der Waals surface area contributed by atoms with Crippen molar-refractivity contribution < 1.29 is 22.7 Å². The number of carbonyl (C=O) groups excluding carboxylic acids is 1. The van der Waals surface area contributed by atoms with Crippen molar-refractivity contribution in [3.63, 3.8) is 0 Å². The minimum atomic E-state index is -3.62. The van der Waals surface area contributed by atoms with Gasteiger partial charge in [-0.2, -0.15) is 4.31 Å². The molecule has 2 heterocycles. The molecule has 1 aromatic rings. The Morgan fingerprint density at radius 1 is 1.33 bits per heavy atom. The van der Waals surface area contributed by atoms with Gasteiger partial charge in [-0.05, 0) is 38.0 Å². The molecule has 2 aliphatic rings. The minimum absolute atomic E-state index is 0.168. The van der Waals surface area contributed by atoms with E-state index in [4.69, 9.17) is 9.47 Å². The van der Waals surface area contributed by atoms with Crippen LogP contribution in [0.4, 0.5) is 5.69 Å². The van der Waals surface area contributed by atoms with Crippen molar-refractivity contribution in [2.24, 2.45) is 0 Å². The largest absolute Gasteiger partial charge is 0.378 e. The number of anilines is 1. The number of amides is 1. The lowest BCUT2D eigenvalue weighted by Crippen LogP contribution is -2.46. The van der Waals surface area contributed by atoms with E-state index in [1.165, 1.54) is 10.4 Å². The number of rotatable bonds is 4. The van der Waals surface area contributed by atoms with Crippen molar-refractivity contribution in [3.05, 3.63) is 24.3 Å². The van der Waals surface area contributed by atoms with E-state index in [1.54, 1.807) is 18.2 Å². The zero-order valence-electron chi connectivity index (χ0n) is 13.6. The van der Waals surface area contributed by atoms with Crippen molar-refractivity contribution in [3.8, 4) is 0 Å². The van der Waals surface area contributed by atoms with Gasteiger partial charge in [-0.3, -0.25) is 4.79 Å². The number of hydrogen-bond donors (Lipinski definition) is 1. The zero-order valence-corrected chi connectivity index (χ0v) is 14.4. The first-order valence-corrected chi connectivity index (χ1v) is 9.54. The molecule has 0 bridgehead atoms. The van der Waals surface area contributed by atoms with Crippen LogP contribution >= 0.6 is 0 Å². The summed E-state index contributed by atoms with van der Waals surface area (Å²) in [6.07, 6.45) is 1.10. The number of nitrogens with one attached hydrogen (secondary N) is 1. The summed E-state index contributed by atoms with van der Waals surface area (Å²) in [7, 11) is -3.62. The summed E-state index contributed by atoms with van der Waals surface area (Å²) in [6.45, 7) is 3.50. The van der Waals surface area contributed by atoms with Gasteiger partial charge in [0, 0.05) is 24.9 Å². The fourth-order valence-electron chi connectivity index (χ4n) is 2.95. The molecule has 3 rings (SSSR count). The monoisotopic (exact) mass is 354 g/mol. The molecule has 24 heavy (non-hydrogen) atoms. The first-order valence-electron chi connectivity index (χ1n) is 8.10. The molecule has 0 aromatic heterocycles. The highest BCUT2D eigenvalue weighted by Gasteiger charge is 2.32. The summed E-state index contributed by atoms with van der Waals surface area (Å²) < 4.78 is 37.7. The number of carbonyl (C=O) groups is 1. The molecule has 7 nitrogen and oxygen atoms in total. The van der Waals surface area contributed by atoms with Gasteiger partial charge in [0.1, 0.15) is 6.10 Å². The Kier molecular flexibility index (Phi) is 5.19. The van der Waals surface area contributed by atoms with Crippen LogP contribution in [0.5, 0.6) is 0 Å². The third-order valence-corrected chi connectivity index (χ3v) is 6.25. The number of morpholine rings is 1. The van der Waals surface area contributed by atoms with E-state index >= 15 is 0 Å². The Hall–Kier alpha value is -1.48. The maximum absolute atomic E-state index is 12.8. The Balaban J connectivity index is 1.77. The van der Waals surface area contributed by atoms with Gasteiger partial charge in [0.05, 0.1) is 18.1 Å². The van der Waals surface area contributed by atoms with Gasteiger partial charge in [-0.25, -0.2) is 8.42 Å². The number of ether oxygens (including phenoxy) is 2. The van der Waals surface area contributed by atoms with E-state index < -0.39 is 16.1 Å². The second kappa shape index (κ2) is 7.18. The third-order valence-electron chi connectivity index (χ3n) is 4.24. The molecule has 0 saturated carbocycles. The molecule has 2 fully saturated rings. The van der Waals surface area contributed by atoms with Crippen LogP contribution in [0.15, 0.2) is 29.2 Å². The molecule has 0 spiro atoms. The fraction of sp³-hybridized carbons (Fsp3) is 0.562. The average molecular weight is 354 g/mol. The minimum Gasteiger partial charge on any atom is -0.378 e. The second-order valence-electron chi connectivity index (χ2n) is 6.06. The SMILES string of the molecule is CC1COCCN1S(=O)(=O)c1cccc(NC(=O)C2CCCO2)c1. The molecule has 2 saturated heterocycles. The van der Waals surface area contributed by atoms with E-state index in [0.29, 0.717) is 38.5 Å². The van der Waals surface area contributed by atoms with Crippen LogP contribution in [0.2, 0.25) is 0 Å². The fourth-order valence-corrected chi connectivity index (χ4v) is 4.59. The van der Waals surface area contributed by atoms with Gasteiger partial charge >= 0.3 is 0 Å². The third kappa shape index (κ3) is 3.61. The van der Waals surface area contributed by atoms with Crippen molar-refractivity contribution >= 4 is 21.6 Å². The Labute approximate surface area is 142 Å². The molecule has 8 heteroatoms. The van der Waals surface area contributed by atoms with E-state index in [2.05, 4.69) is 5.32 Å². The van der Waals surface area contributed by atoms with Crippen molar-refractivity contribution in [2.75, 3.05) is 31.7 Å². The number of sulfonamides is 1. The first-order chi connectivity index (χ1) is 11.5. The molecule has 1 aromatic carbocycles. The Morgan fingerprint density at radius 3 is 2.88 bits per heavy atom. The van der Waals surface area contributed by atoms with Gasteiger partial charge in [0.2, 0.25) is 10.0 Å². The summed E-state index contributed by atoms with van der Waals surface area (Å²) in [5.74, 6) is -0.234. The van der Waals surface area contributed by atoms with Crippen molar-refractivity contribution in [2.45, 2.75) is 36.8 Å². The predicted octanol–water partition coefficient (Wildman–Crippen LogP) is 1.21. The summed E-state index contributed by atoms with van der Waals surface area (Å²) in [5, 5.41) is 2.74. The zero-order chi connectivity index (χ0) is 17.2. The molecule has 2 atom stereocenters. The van der Waals surface area contributed by atoms with Crippen LogP contribution in [0.25, 0.3) is 0 Å². The number of benzene rings is 1. The van der Waals surface area contributed by atoms with Gasteiger partial charge in [-0.15, -0.1) is 0 Å². The molecule has 0 aliphatic carbocycles. The van der Waals surface area contributed by atoms with Crippen LogP contribution in [0.1, 0.15) is 19.8 Å². The molecule has 2 unspecified atom stereocenters. The lowest BCUT2D eigenvalue weighted by molar-refractivity contribution is -0.124. The maximum atomic E-state index is 12.8. The van der Waals surface area contributed by atoms with Crippen molar-refractivity contribution in [1.82, 2.24) is 4.31 Å². The smallest absolute Gasteiger partial charge is 0.253 e. The maximum Gasteiger partial charge on any atom is 0.253 e. The highest BCUT2D eigenvalue weighted by Crippen LogP contribution is 2.23. The topological polar surface area (TPSA) is 84.9 Å². The Morgan fingerprint density at radius 2 is 2.17 bits per heavy atom. The lowest BCUT2D eigenvalue weighted by atomic mass is 10.2. The van der Waals surface area contributed by atoms with Crippen LogP contribution in [0, 0.1) is 0 Å². The molecular formula is C16H22N2O5S. The highest BCUT2D eigenvalue weighted by atomic mass is 32.2. The van der Waals surface area contributed by atoms with Crippen LogP contribution in [-0.2, 0) is 24.3 Å². The van der Waals surface area contributed by atoms with Crippen LogP contribution < -0.4 is 5.32 Å². The van der Waals surface area contributed by atoms with Gasteiger partial charge in [0.25, 0.3) is 5.91 Å². The Bertz CT molecular complexity index is 700. The molecule has 132 valence electrons. The van der Waals surface area contributed by atoms with E-state index in [0.717, 1.165) is 6.42 Å². The summed E-state index contributed by atoms with van der Waals surface area (Å²) in [6, 6.07) is 6.12. The number of hydrogen-bond acceptors (Lipinski definition) is 5. The molecule has 1 N–H and O–H groups in total. The average Bonchev–Trinajstić information content (AvgIpc) is 3.10. The first kappa shape index (κ1) is 17.3. The molecule has 1 amide bonds. The normalized spacial score (nSPS) is 25.5. The van der Waals surface area contributed by atoms with E-state index in [-0.39, 0.29) is 16.8 Å². The molecular weight excluding hydrogens is 332 g/mol. The summed E-state index contributed by atoms with van der Waals surface area (Å²) in [4.78, 5) is 12.3. The van der Waals surface area contributed by atoms with Crippen molar-refractivity contribution in [1.29, 1.82) is 0 Å². The quantitative estimate of drug-likeness (QED) is 0.879.